The normalized spacial score (nSPS) is 16.8. The van der Waals surface area contributed by atoms with Crippen LogP contribution < -0.4 is 0 Å². The smallest absolute Gasteiger partial charge is 0.175 e. The summed E-state index contributed by atoms with van der Waals surface area (Å²) in [4.78, 5) is 26.5. The summed E-state index contributed by atoms with van der Waals surface area (Å²) in [6.45, 7) is 0. The summed E-state index contributed by atoms with van der Waals surface area (Å²) >= 11 is 1.52. The first kappa shape index (κ1) is 16.3. The van der Waals surface area contributed by atoms with Gasteiger partial charge in [-0.25, -0.2) is 9.37 Å². The second kappa shape index (κ2) is 6.59. The molecule has 0 unspecified atom stereocenters. The van der Waals surface area contributed by atoms with Gasteiger partial charge in [0.15, 0.2) is 11.5 Å². The first-order valence-electron chi connectivity index (χ1n) is 8.51. The zero-order valence-electron chi connectivity index (χ0n) is 13.7. The lowest BCUT2D eigenvalue weighted by atomic mass is 9.82. The molecular formula is C19H18FN3OS. The van der Waals surface area contributed by atoms with Crippen LogP contribution in [-0.2, 0) is 11.2 Å². The third kappa shape index (κ3) is 3.31. The lowest BCUT2D eigenvalue weighted by Crippen LogP contribution is -2.37. The minimum absolute atomic E-state index is 0.0267. The first-order chi connectivity index (χ1) is 12.1. The third-order valence-electron chi connectivity index (χ3n) is 4.80. The Kier molecular flexibility index (Phi) is 4.29. The molecule has 1 fully saturated rings. The summed E-state index contributed by atoms with van der Waals surface area (Å²) in [5.41, 5.74) is 2.28. The number of nitrogens with zero attached hydrogens (tertiary/aromatic N) is 3. The number of pyridine rings is 2. The molecule has 3 aromatic rings. The molecule has 4 rings (SSSR count). The van der Waals surface area contributed by atoms with Crippen LogP contribution in [0.2, 0.25) is 0 Å². The number of carbonyl (C=O) groups is 1. The van der Waals surface area contributed by atoms with Gasteiger partial charge in [-0.3, -0.25) is 14.8 Å². The van der Waals surface area contributed by atoms with Crippen molar-refractivity contribution in [3.8, 4) is 10.6 Å². The van der Waals surface area contributed by atoms with Crippen molar-refractivity contribution in [2.45, 2.75) is 44.2 Å². The largest absolute Gasteiger partial charge is 0.296 e. The second-order valence-electron chi connectivity index (χ2n) is 6.56. The Hall–Kier alpha value is -2.21. The van der Waals surface area contributed by atoms with E-state index in [0.717, 1.165) is 40.7 Å². The molecule has 128 valence electrons. The van der Waals surface area contributed by atoms with Gasteiger partial charge in [-0.2, -0.15) is 0 Å². The highest BCUT2D eigenvalue weighted by molar-refractivity contribution is 7.13. The van der Waals surface area contributed by atoms with Gasteiger partial charge in [0, 0.05) is 17.8 Å². The van der Waals surface area contributed by atoms with Crippen LogP contribution in [0.3, 0.4) is 0 Å². The van der Waals surface area contributed by atoms with E-state index in [4.69, 9.17) is 0 Å². The molecule has 0 spiro atoms. The Balaban J connectivity index is 1.60. The van der Waals surface area contributed by atoms with E-state index in [-0.39, 0.29) is 12.2 Å². The van der Waals surface area contributed by atoms with E-state index in [2.05, 4.69) is 15.0 Å². The van der Waals surface area contributed by atoms with Gasteiger partial charge in [0.2, 0.25) is 0 Å². The van der Waals surface area contributed by atoms with Gasteiger partial charge in [0.1, 0.15) is 0 Å². The van der Waals surface area contributed by atoms with Crippen LogP contribution in [0.1, 0.15) is 37.8 Å². The molecule has 1 aliphatic carbocycles. The standard InChI is InChI=1S/C19H18FN3OS/c20-19(6-2-1-3-7-19)18(24)9-14-8-16-13(10-22-14)4-5-15(23-16)17-11-21-12-25-17/h4-5,8,10-12H,1-3,6-7,9H2. The maximum atomic E-state index is 14.8. The van der Waals surface area contributed by atoms with Crippen LogP contribution in [0, 0.1) is 0 Å². The molecule has 0 N–H and O–H groups in total. The number of alkyl halides is 1. The maximum Gasteiger partial charge on any atom is 0.175 e. The van der Waals surface area contributed by atoms with E-state index in [0.29, 0.717) is 18.5 Å². The van der Waals surface area contributed by atoms with Gasteiger partial charge in [-0.05, 0) is 43.9 Å². The van der Waals surface area contributed by atoms with Gasteiger partial charge >= 0.3 is 0 Å². The molecule has 0 aliphatic heterocycles. The number of fused-ring (bicyclic) bond motifs is 1. The number of aromatic nitrogens is 3. The molecule has 6 heteroatoms. The van der Waals surface area contributed by atoms with Gasteiger partial charge in [-0.1, -0.05) is 6.42 Å². The van der Waals surface area contributed by atoms with Crippen molar-refractivity contribution in [1.29, 1.82) is 0 Å². The summed E-state index contributed by atoms with van der Waals surface area (Å²) in [5, 5.41) is 0.900. The highest BCUT2D eigenvalue weighted by Crippen LogP contribution is 2.33. The maximum absolute atomic E-state index is 14.8. The Labute approximate surface area is 149 Å². The van der Waals surface area contributed by atoms with Crippen LogP contribution in [0.25, 0.3) is 21.5 Å². The number of thiazole rings is 1. The highest BCUT2D eigenvalue weighted by Gasteiger charge is 2.39. The van der Waals surface area contributed by atoms with Crippen LogP contribution in [0.4, 0.5) is 4.39 Å². The number of halogens is 1. The molecule has 1 saturated carbocycles. The van der Waals surface area contributed by atoms with Crippen molar-refractivity contribution in [2.24, 2.45) is 0 Å². The number of hydrogen-bond acceptors (Lipinski definition) is 5. The third-order valence-corrected chi connectivity index (χ3v) is 5.60. The Bertz CT molecular complexity index is 904. The lowest BCUT2D eigenvalue weighted by Gasteiger charge is -2.27. The molecule has 1 aliphatic rings. The number of carbonyl (C=O) groups excluding carboxylic acids is 1. The van der Waals surface area contributed by atoms with E-state index in [1.54, 1.807) is 24.0 Å². The van der Waals surface area contributed by atoms with Gasteiger partial charge < -0.3 is 0 Å². The van der Waals surface area contributed by atoms with E-state index in [1.165, 1.54) is 11.3 Å². The molecular weight excluding hydrogens is 337 g/mol. The summed E-state index contributed by atoms with van der Waals surface area (Å²) in [6.07, 6.45) is 6.77. The predicted octanol–water partition coefficient (Wildman–Crippen LogP) is 4.54. The number of ketones is 1. The van der Waals surface area contributed by atoms with Gasteiger partial charge in [0.05, 0.1) is 33.7 Å². The fourth-order valence-corrected chi connectivity index (χ4v) is 3.94. The quantitative estimate of drug-likeness (QED) is 0.689. The topological polar surface area (TPSA) is 55.7 Å². The van der Waals surface area contributed by atoms with Crippen molar-refractivity contribution >= 4 is 28.0 Å². The molecule has 0 radical (unpaired) electrons. The molecule has 3 aromatic heterocycles. The molecule has 3 heterocycles. The van der Waals surface area contributed by atoms with E-state index >= 15 is 0 Å². The van der Waals surface area contributed by atoms with E-state index < -0.39 is 5.67 Å². The van der Waals surface area contributed by atoms with Gasteiger partial charge in [0.25, 0.3) is 0 Å². The minimum Gasteiger partial charge on any atom is -0.296 e. The fourth-order valence-electron chi connectivity index (χ4n) is 3.35. The summed E-state index contributed by atoms with van der Waals surface area (Å²) in [7, 11) is 0. The molecule has 0 amide bonds. The molecule has 0 aromatic carbocycles. The van der Waals surface area contributed by atoms with Crippen LogP contribution in [0.5, 0.6) is 0 Å². The molecule has 25 heavy (non-hydrogen) atoms. The molecule has 0 saturated heterocycles. The summed E-state index contributed by atoms with van der Waals surface area (Å²) in [5.74, 6) is -0.349. The average Bonchev–Trinajstić information content (AvgIpc) is 3.16. The van der Waals surface area contributed by atoms with Gasteiger partial charge in [-0.15, -0.1) is 11.3 Å². The fraction of sp³-hybridized carbons (Fsp3) is 0.368. The van der Waals surface area contributed by atoms with Crippen molar-refractivity contribution in [3.05, 3.63) is 41.8 Å². The Morgan fingerprint density at radius 3 is 2.80 bits per heavy atom. The van der Waals surface area contributed by atoms with Crippen molar-refractivity contribution in [2.75, 3.05) is 0 Å². The minimum atomic E-state index is -1.67. The number of Topliss-reactive ketones (excluding diaryl/α,β-unsaturated/α-hetero) is 1. The summed E-state index contributed by atoms with van der Waals surface area (Å²) < 4.78 is 14.8. The van der Waals surface area contributed by atoms with Crippen LogP contribution in [-0.4, -0.2) is 26.4 Å². The first-order valence-corrected chi connectivity index (χ1v) is 9.39. The number of rotatable bonds is 4. The number of hydrogen-bond donors (Lipinski definition) is 0. The summed E-state index contributed by atoms with van der Waals surface area (Å²) in [6, 6.07) is 5.68. The average molecular weight is 355 g/mol. The Morgan fingerprint density at radius 2 is 2.04 bits per heavy atom. The zero-order valence-corrected chi connectivity index (χ0v) is 14.6. The van der Waals surface area contributed by atoms with Crippen LogP contribution in [0.15, 0.2) is 36.1 Å². The lowest BCUT2D eigenvalue weighted by molar-refractivity contribution is -0.132. The Morgan fingerprint density at radius 1 is 1.20 bits per heavy atom. The highest BCUT2D eigenvalue weighted by atomic mass is 32.1. The predicted molar refractivity (Wildman–Crippen MR) is 96.3 cm³/mol. The second-order valence-corrected chi connectivity index (χ2v) is 7.44. The van der Waals surface area contributed by atoms with Crippen molar-refractivity contribution in [1.82, 2.24) is 15.0 Å². The van der Waals surface area contributed by atoms with Crippen molar-refractivity contribution in [3.63, 3.8) is 0 Å². The van der Waals surface area contributed by atoms with Crippen LogP contribution >= 0.6 is 11.3 Å². The molecule has 0 bridgehead atoms. The zero-order chi connectivity index (χ0) is 17.3. The SMILES string of the molecule is O=C(Cc1cc2nc(-c3cncs3)ccc2cn1)C1(F)CCCCC1. The van der Waals surface area contributed by atoms with Crippen molar-refractivity contribution < 1.29 is 9.18 Å². The molecule has 4 nitrogen and oxygen atoms in total. The monoisotopic (exact) mass is 355 g/mol. The van der Waals surface area contributed by atoms with E-state index in [9.17, 15) is 9.18 Å². The van der Waals surface area contributed by atoms with E-state index in [1.807, 2.05) is 12.1 Å². The molecule has 0 atom stereocenters.